The van der Waals surface area contributed by atoms with Gasteiger partial charge in [-0.2, -0.15) is 0 Å². The van der Waals surface area contributed by atoms with E-state index in [4.69, 9.17) is 54.3 Å². The average Bonchev–Trinajstić information content (AvgIpc) is 1.78. The van der Waals surface area contributed by atoms with E-state index in [1.54, 1.807) is 83.9 Å². The van der Waals surface area contributed by atoms with Crippen LogP contribution in [0.1, 0.15) is 198 Å². The average molecular weight is 1880 g/mol. The van der Waals surface area contributed by atoms with E-state index < -0.39 is 11.8 Å². The number of halogens is 4. The first-order valence-electron chi connectivity index (χ1n) is 44.8. The van der Waals surface area contributed by atoms with Crippen molar-refractivity contribution in [3.05, 3.63) is 215 Å². The van der Waals surface area contributed by atoms with Crippen LogP contribution in [0.4, 0.5) is 17.6 Å². The number of fused-ring (bicyclic) bond motifs is 1. The summed E-state index contributed by atoms with van der Waals surface area (Å²) in [6, 6.07) is 30.8. The molecule has 6 fully saturated rings. The van der Waals surface area contributed by atoms with Crippen LogP contribution < -0.4 is 44.9 Å². The van der Waals surface area contributed by atoms with Gasteiger partial charge in [-0.05, 0) is 141 Å². The summed E-state index contributed by atoms with van der Waals surface area (Å²) < 4.78 is 70.5. The number of nitrogens with zero attached hydrogens (tertiary/aromatic N) is 14. The molecule has 35 heteroatoms. The minimum Gasteiger partial charge on any atom is -0.490 e. The van der Waals surface area contributed by atoms with Crippen LogP contribution in [0.15, 0.2) is 130 Å². The van der Waals surface area contributed by atoms with E-state index in [0.717, 1.165) is 147 Å². The molecule has 7 unspecified atom stereocenters. The summed E-state index contributed by atoms with van der Waals surface area (Å²) in [6.45, 7) is 30.4. The van der Waals surface area contributed by atoms with Crippen LogP contribution >= 0.6 is 79.4 Å². The van der Waals surface area contributed by atoms with Crippen LogP contribution in [-0.2, 0) is 29.0 Å². The topological polar surface area (TPSA) is 323 Å². The quantitative estimate of drug-likeness (QED) is 0.0248. The first kappa shape index (κ1) is 101. The SMILES string of the molecule is Cc1ncsc1C(CN)N1CCC(F)(F)CC1.Cc1ncsc1C(CN)N1CCC(OCc2ccccc2)CC1.Cc1ncsc1C(CN)N1CCC(Oc2ccccc2)CC1.Cc1ncsc1C(CN)N1CCCC(F)(F)C1.Cc1ncsc1C(CN)N1CCOCC1.Cc1ncsc1C(CN)N1CCc2ccccc2C1.NCC(c1cncs1)N1CCCCC1. The van der Waals surface area contributed by atoms with Crippen molar-refractivity contribution >= 4 is 79.4 Å². The van der Waals surface area contributed by atoms with Crippen LogP contribution in [0.3, 0.4) is 0 Å². The zero-order chi connectivity index (χ0) is 90.1. The highest BCUT2D eigenvalue weighted by Gasteiger charge is 2.40. The van der Waals surface area contributed by atoms with E-state index in [-0.39, 0.29) is 37.9 Å². The van der Waals surface area contributed by atoms with Crippen LogP contribution in [0.5, 0.6) is 5.75 Å². The molecule has 7 aliphatic rings. The molecular formula is C92H135F4N21O3S7. The van der Waals surface area contributed by atoms with E-state index in [2.05, 4.69) is 141 Å². The lowest BCUT2D eigenvalue weighted by Gasteiger charge is -2.37. The molecule has 0 radical (unpaired) electrons. The molecule has 3 aromatic carbocycles. The third-order valence-corrected chi connectivity index (χ3v) is 31.9. The third kappa shape index (κ3) is 30.0. The lowest BCUT2D eigenvalue weighted by atomic mass is 9.98. The van der Waals surface area contributed by atoms with Gasteiger partial charge in [0.25, 0.3) is 11.8 Å². The fraction of sp³-hybridized carbons (Fsp3) is 0.576. The van der Waals surface area contributed by atoms with Crippen LogP contribution in [0, 0.1) is 41.5 Å². The summed E-state index contributed by atoms with van der Waals surface area (Å²) >= 11 is 11.6. The van der Waals surface area contributed by atoms with Crippen LogP contribution in [0.25, 0.3) is 0 Å². The molecule has 0 spiro atoms. The van der Waals surface area contributed by atoms with E-state index in [0.29, 0.717) is 121 Å². The molecule has 127 heavy (non-hydrogen) atoms. The Kier molecular flexibility index (Phi) is 41.9. The van der Waals surface area contributed by atoms with E-state index >= 15 is 0 Å². The first-order valence-corrected chi connectivity index (χ1v) is 51.0. The Morgan fingerprint density at radius 2 is 0.756 bits per heavy atom. The molecule has 696 valence electrons. The molecule has 7 atom stereocenters. The number of aryl methyl sites for hydroxylation is 6. The zero-order valence-corrected chi connectivity index (χ0v) is 80.5. The Balaban J connectivity index is 0.000000145. The molecule has 6 saturated heterocycles. The number of likely N-dealkylation sites (tertiary alicyclic amines) is 5. The smallest absolute Gasteiger partial charge is 0.260 e. The molecule has 14 heterocycles. The largest absolute Gasteiger partial charge is 0.490 e. The molecule has 17 rings (SSSR count). The van der Waals surface area contributed by atoms with E-state index in [1.807, 2.05) is 84.0 Å². The Labute approximate surface area is 777 Å². The second kappa shape index (κ2) is 52.4. The standard InChI is InChI=1S/C18H25N3OS.C17H23N3OS.C15H19N3S.2C11H17F2N3S.C10H17N3OS.C10H17N3S/c1-14-18(23-13-20-14)17(11-19)21-9-7-16(8-10-21)22-12-15-5-3-2-4-6-15;1-13-17(22-12-19-13)16(11-18)20-9-7-15(8-10-20)21-14-5-3-2-4-6-14;1-11-15(19-10-17-11)14(8-16)18-7-6-12-4-2-3-5-13(12)9-18;1-8-10(17-7-15-8)9(6-14)16-4-2-11(12,13)3-5-16;1-8-10(17-7-15-8)9(5-14)16-4-2-3-11(12,13)6-16;1-8-10(15-7-12-8)9(6-11)13-2-4-14-5-3-13;11-6-9(10-7-12-8-14-10)13-4-2-1-3-5-13/h2-6,13,16-17H,7-12,19H2,1H3;2-6,12,15-16H,7-11,18H2,1H3;2-5,10,14H,6-9,16H2,1H3;2*7,9H,2-6,14H2,1H3;7,9H,2-6,11H2,1H3;7-9H,1-6,11H2. The predicted molar refractivity (Wildman–Crippen MR) is 513 cm³/mol. The summed E-state index contributed by atoms with van der Waals surface area (Å²) in [5.74, 6) is -4.11. The molecule has 10 aromatic rings. The molecule has 0 amide bonds. The number of benzene rings is 3. The van der Waals surface area contributed by atoms with Crippen molar-refractivity contribution in [2.75, 3.05) is 144 Å². The Hall–Kier alpha value is -6.05. The highest BCUT2D eigenvalue weighted by atomic mass is 32.1. The summed E-state index contributed by atoms with van der Waals surface area (Å²) in [5.41, 5.74) is 64.9. The van der Waals surface area contributed by atoms with Gasteiger partial charge in [-0.1, -0.05) is 79.2 Å². The molecule has 0 saturated carbocycles. The molecule has 14 N–H and O–H groups in total. The Morgan fingerprint density at radius 3 is 1.17 bits per heavy atom. The van der Waals surface area contributed by atoms with Crippen molar-refractivity contribution in [2.45, 2.75) is 198 Å². The van der Waals surface area contributed by atoms with Gasteiger partial charge >= 0.3 is 0 Å². The van der Waals surface area contributed by atoms with Gasteiger partial charge in [-0.15, -0.1) is 79.4 Å². The minimum atomic E-state index is -2.58. The Bertz CT molecular complexity index is 4660. The van der Waals surface area contributed by atoms with Crippen LogP contribution in [-0.4, -0.2) is 237 Å². The summed E-state index contributed by atoms with van der Waals surface area (Å²) in [5, 5.41) is 0. The van der Waals surface area contributed by atoms with Gasteiger partial charge in [0.15, 0.2) is 0 Å². The van der Waals surface area contributed by atoms with Gasteiger partial charge < -0.3 is 54.3 Å². The highest BCUT2D eigenvalue weighted by molar-refractivity contribution is 7.11. The molecule has 0 aliphatic carbocycles. The number of morpholine rings is 1. The number of nitrogens with two attached hydrogens (primary N) is 7. The predicted octanol–water partition coefficient (Wildman–Crippen LogP) is 15.4. The molecule has 7 aliphatic heterocycles. The number of ether oxygens (including phenoxy) is 3. The lowest BCUT2D eigenvalue weighted by Crippen LogP contribution is -2.46. The summed E-state index contributed by atoms with van der Waals surface area (Å²) in [4.78, 5) is 54.8. The monoisotopic (exact) mass is 1880 g/mol. The van der Waals surface area contributed by atoms with E-state index in [9.17, 15) is 17.6 Å². The second-order valence-electron chi connectivity index (χ2n) is 33.2. The number of para-hydroxylation sites is 1. The van der Waals surface area contributed by atoms with Crippen molar-refractivity contribution in [1.82, 2.24) is 69.2 Å². The zero-order valence-electron chi connectivity index (χ0n) is 74.8. The maximum absolute atomic E-state index is 13.4. The van der Waals surface area contributed by atoms with Gasteiger partial charge in [-0.25, -0.2) is 47.5 Å². The lowest BCUT2D eigenvalue weighted by molar-refractivity contribution is -0.0743. The highest BCUT2D eigenvalue weighted by Crippen LogP contribution is 2.39. The van der Waals surface area contributed by atoms with Crippen molar-refractivity contribution in [1.29, 1.82) is 0 Å². The fourth-order valence-electron chi connectivity index (χ4n) is 17.6. The molecule has 0 bridgehead atoms. The third-order valence-electron chi connectivity index (χ3n) is 24.8. The van der Waals surface area contributed by atoms with Gasteiger partial charge in [0, 0.05) is 171 Å². The fourth-order valence-corrected chi connectivity index (χ4v) is 24.1. The second-order valence-corrected chi connectivity index (χ2v) is 39.5. The number of rotatable bonds is 26. The van der Waals surface area contributed by atoms with Crippen molar-refractivity contribution in [3.63, 3.8) is 0 Å². The van der Waals surface area contributed by atoms with Gasteiger partial charge in [-0.3, -0.25) is 39.3 Å². The number of alkyl halides is 4. The van der Waals surface area contributed by atoms with E-state index in [1.165, 1.54) is 84.8 Å². The molecular weight excluding hydrogens is 1750 g/mol. The Morgan fingerprint density at radius 1 is 0.378 bits per heavy atom. The number of aromatic nitrogens is 7. The van der Waals surface area contributed by atoms with Crippen molar-refractivity contribution in [2.24, 2.45) is 40.1 Å². The van der Waals surface area contributed by atoms with Gasteiger partial charge in [0.1, 0.15) is 11.9 Å². The van der Waals surface area contributed by atoms with Gasteiger partial charge in [0.2, 0.25) is 0 Å². The normalized spacial score (nSPS) is 19.8. The van der Waals surface area contributed by atoms with Crippen LogP contribution in [0.2, 0.25) is 0 Å². The number of hydrogen-bond acceptors (Lipinski definition) is 31. The number of hydrogen-bond donors (Lipinski definition) is 7. The molecule has 24 nitrogen and oxygen atoms in total. The first-order chi connectivity index (χ1) is 61.6. The van der Waals surface area contributed by atoms with Crippen molar-refractivity contribution < 1.29 is 31.8 Å². The van der Waals surface area contributed by atoms with Gasteiger partial charge in [0.05, 0.1) is 147 Å². The minimum absolute atomic E-state index is 0.0114. The maximum Gasteiger partial charge on any atom is 0.260 e. The number of thiazole rings is 7. The van der Waals surface area contributed by atoms with Crippen molar-refractivity contribution in [3.8, 4) is 5.75 Å². The summed E-state index contributed by atoms with van der Waals surface area (Å²) in [6.07, 6.45) is 12.3. The maximum atomic E-state index is 13.4. The number of piperidine rings is 5. The molecule has 7 aromatic heterocycles. The summed E-state index contributed by atoms with van der Waals surface area (Å²) in [7, 11) is 0.